The number of aromatic nitrogens is 2. The summed E-state index contributed by atoms with van der Waals surface area (Å²) in [6.45, 7) is 8.34. The molecule has 0 unspecified atom stereocenters. The lowest BCUT2D eigenvalue weighted by atomic mass is 9.99. The minimum absolute atomic E-state index is 0.0395. The number of aromatic hydroxyl groups is 1. The number of phenols is 1. The SMILES string of the molecule is CC(C)C[C@H](NC(=O)[C@H](Cc1c[nH]c2ccccc12)NC(=O)[C@H](CC(=O)O)NC(=O)[C@H](CC(N)=O)NC(=O)[C@H](C)NC(=O)[C@H](Cc1ccc(O)cc1)NC(=O)CNC(=O)[C@H](Cc1c[nH]c2ccccc12)NC(=O)[C@H](Cc1ccccc1)NC(=O)[C@@H](NC(=O)[C@H](CS)NC(=O)[C@H](CC(N)=O)NC(=O)[C@H](CO)NC(=O)[C@@H](NC(=O)CN)C(C)C)C(C)C)C(=O)N[C@@H](CS)C(=O)O. The van der Waals surface area contributed by atoms with E-state index >= 15 is 4.79 Å². The average Bonchev–Trinajstić information content (AvgIpc) is 1.69. The number of nitrogens with one attached hydrogen (secondary N) is 17. The maximum atomic E-state index is 15.0. The summed E-state index contributed by atoms with van der Waals surface area (Å²) in [5, 5.41) is 77.5. The number of aliphatic hydroxyl groups excluding tert-OH is 1. The number of H-pyrrole nitrogens is 2. The number of primary amides is 2. The Bertz CT molecular complexity index is 5010. The Balaban J connectivity index is 1.19. The van der Waals surface area contributed by atoms with Crippen molar-refractivity contribution in [3.8, 4) is 5.75 Å². The Labute approximate surface area is 751 Å². The van der Waals surface area contributed by atoms with E-state index in [-0.39, 0.29) is 49.5 Å². The summed E-state index contributed by atoms with van der Waals surface area (Å²) in [5.74, 6) is -23.9. The molecular weight excluding hydrogens is 1720 g/mol. The van der Waals surface area contributed by atoms with Gasteiger partial charge in [-0.3, -0.25) is 86.3 Å². The molecule has 0 saturated heterocycles. The fourth-order valence-corrected chi connectivity index (χ4v) is 13.8. The maximum Gasteiger partial charge on any atom is 0.327 e. The maximum absolute atomic E-state index is 15.0. The van der Waals surface area contributed by atoms with Gasteiger partial charge in [-0.15, -0.1) is 0 Å². The topological polar surface area (TPSA) is 695 Å². The van der Waals surface area contributed by atoms with Crippen LogP contribution in [-0.2, 0) is 117 Å². The van der Waals surface area contributed by atoms with Crippen LogP contribution in [0.5, 0.6) is 5.75 Å². The molecule has 0 aliphatic heterocycles. The molecule has 129 heavy (non-hydrogen) atoms. The van der Waals surface area contributed by atoms with E-state index in [2.05, 4.69) is 115 Å². The number of carboxylic acid groups (broad SMARTS) is 2. The Morgan fingerprint density at radius 1 is 0.372 bits per heavy atom. The van der Waals surface area contributed by atoms with Gasteiger partial charge in [0.1, 0.15) is 90.3 Å². The van der Waals surface area contributed by atoms with Crippen LogP contribution in [0.4, 0.5) is 0 Å². The number of fused-ring (bicyclic) bond motifs is 2. The predicted octanol–water partition coefficient (Wildman–Crippen LogP) is -4.97. The number of aromatic amines is 2. The molecular formula is C84H112N20O23S2. The number of hydrogen-bond acceptors (Lipinski definition) is 24. The molecule has 0 aliphatic rings. The molecule has 2 heterocycles. The van der Waals surface area contributed by atoms with E-state index in [0.717, 1.165) is 6.92 Å². The summed E-state index contributed by atoms with van der Waals surface area (Å²) < 4.78 is 0. The second-order valence-corrected chi connectivity index (χ2v) is 32.3. The lowest BCUT2D eigenvalue weighted by molar-refractivity contribution is -0.142. The minimum Gasteiger partial charge on any atom is -0.508 e. The second-order valence-electron chi connectivity index (χ2n) is 31.5. The van der Waals surface area contributed by atoms with Crippen LogP contribution in [0.2, 0.25) is 0 Å². The summed E-state index contributed by atoms with van der Waals surface area (Å²) in [7, 11) is 0. The van der Waals surface area contributed by atoms with Crippen molar-refractivity contribution in [1.29, 1.82) is 0 Å². The zero-order valence-corrected chi connectivity index (χ0v) is 73.4. The third-order valence-electron chi connectivity index (χ3n) is 20.1. The first kappa shape index (κ1) is 104. The van der Waals surface area contributed by atoms with Gasteiger partial charge in [0.05, 0.1) is 39.0 Å². The first-order chi connectivity index (χ1) is 61.0. The van der Waals surface area contributed by atoms with Crippen LogP contribution in [-0.4, -0.2) is 259 Å². The first-order valence-corrected chi connectivity index (χ1v) is 42.3. The summed E-state index contributed by atoms with van der Waals surface area (Å²) in [4.78, 5) is 266. The van der Waals surface area contributed by atoms with Crippen LogP contribution < -0.4 is 97.0 Å². The Morgan fingerprint density at radius 2 is 0.744 bits per heavy atom. The van der Waals surface area contributed by atoms with Crippen molar-refractivity contribution in [2.75, 3.05) is 31.2 Å². The number of aliphatic carboxylic acids is 2. The smallest absolute Gasteiger partial charge is 0.327 e. The van der Waals surface area contributed by atoms with Crippen molar-refractivity contribution in [3.05, 3.63) is 138 Å². The summed E-state index contributed by atoms with van der Waals surface area (Å²) in [6, 6.07) is 4.21. The van der Waals surface area contributed by atoms with Crippen molar-refractivity contribution in [3.63, 3.8) is 0 Å². The van der Waals surface area contributed by atoms with Crippen molar-refractivity contribution in [1.82, 2.24) is 89.7 Å². The fraction of sp³-hybridized carbons (Fsp3) is 0.440. The van der Waals surface area contributed by atoms with Gasteiger partial charge in [-0.1, -0.05) is 120 Å². The molecule has 0 spiro atoms. The molecule has 6 aromatic rings. The van der Waals surface area contributed by atoms with Gasteiger partial charge in [-0.25, -0.2) is 4.79 Å². The van der Waals surface area contributed by atoms with E-state index in [1.165, 1.54) is 44.3 Å². The third kappa shape index (κ3) is 32.9. The fourth-order valence-electron chi connectivity index (χ4n) is 13.3. The number of amides is 17. The number of phenolic OH excluding ortho intramolecular Hbond substituents is 1. The molecule has 0 fully saturated rings. The Kier molecular flexibility index (Phi) is 40.8. The Hall–Kier alpha value is -13.7. The van der Waals surface area contributed by atoms with Crippen molar-refractivity contribution in [2.45, 2.75) is 184 Å². The lowest BCUT2D eigenvalue weighted by Crippen LogP contribution is -2.62. The number of carbonyl (C=O) groups excluding carboxylic acids is 17. The van der Waals surface area contributed by atoms with Crippen molar-refractivity contribution >= 4 is 159 Å². The zero-order valence-electron chi connectivity index (χ0n) is 71.6. The molecule has 17 amide bonds. The van der Waals surface area contributed by atoms with E-state index in [4.69, 9.17) is 17.2 Å². The predicted molar refractivity (Wildman–Crippen MR) is 472 cm³/mol. The standard InChI is InChI=1S/C84H112N20O23S2/c1-40(2)25-53(74(116)102-63(39-129)84(126)127)94-76(118)57(29-47-35-89-52-20-14-12-18-50(47)52)96-79(121)60(32-68(111)112)98-77(119)58(30-64(86)107)93-71(113)43(7)91-73(115)54(27-45-21-23-48(106)24-22-45)92-67(110)36-90-72(114)56(28-46-34-88-51-19-13-11-17-49(46)51)95-75(117)55(26-44-15-9-8-10-16-44)99-83(125)70(42(5)6)104-81(123)62(38-128)101-78(120)59(31-65(87)108)97-80(122)61(37-105)100-82(124)69(41(3)4)103-66(109)33-85/h8-24,34-35,40-43,53-63,69-70,88-89,105-106,128-129H,25-33,36-39,85H2,1-7H3,(H2,86,107)(H2,87,108)(H,90,114)(H,91,115)(H,92,110)(H,93,113)(H,94,118)(H,95,117)(H,96,121)(H,97,122)(H,98,119)(H,99,125)(H,100,124)(H,101,120)(H,102,116)(H,103,109)(H,104,123)(H,111,112)(H,126,127)/t43-,53-,54-,55-,56-,57-,58-,59-,60-,61-,62-,63-,69-,70-/m0/s1. The van der Waals surface area contributed by atoms with E-state index in [9.17, 15) is 107 Å². The van der Waals surface area contributed by atoms with Gasteiger partial charge in [0.15, 0.2) is 0 Å². The lowest BCUT2D eigenvalue weighted by Gasteiger charge is -2.28. The molecule has 4 aromatic carbocycles. The molecule has 0 aliphatic carbocycles. The number of hydrogen-bond donors (Lipinski definition) is 26. The van der Waals surface area contributed by atoms with Crippen LogP contribution in [0.15, 0.2) is 116 Å². The normalized spacial score (nSPS) is 14.5. The monoisotopic (exact) mass is 1830 g/mol. The first-order valence-electron chi connectivity index (χ1n) is 41.0. The minimum atomic E-state index is -2.09. The Morgan fingerprint density at radius 3 is 1.21 bits per heavy atom. The van der Waals surface area contributed by atoms with Crippen molar-refractivity contribution < 1.29 is 112 Å². The van der Waals surface area contributed by atoms with Crippen LogP contribution in [0, 0.1) is 17.8 Å². The number of para-hydroxylation sites is 2. The van der Waals surface area contributed by atoms with E-state index in [1.54, 1.807) is 113 Å². The van der Waals surface area contributed by atoms with Gasteiger partial charge >= 0.3 is 11.9 Å². The number of aliphatic hydroxyl groups is 1. The molecule has 43 nitrogen and oxygen atoms in total. The van der Waals surface area contributed by atoms with Gasteiger partial charge in [0.25, 0.3) is 0 Å². The largest absolute Gasteiger partial charge is 0.508 e. The van der Waals surface area contributed by atoms with Crippen molar-refractivity contribution in [2.24, 2.45) is 35.0 Å². The molecule has 45 heteroatoms. The summed E-state index contributed by atoms with van der Waals surface area (Å²) >= 11 is 8.24. The number of benzene rings is 4. The molecule has 6 rings (SSSR count). The van der Waals surface area contributed by atoms with E-state index < -0.39 is 253 Å². The number of rotatable bonds is 52. The summed E-state index contributed by atoms with van der Waals surface area (Å²) in [6.07, 6.45) is -1.22. The highest BCUT2D eigenvalue weighted by Crippen LogP contribution is 2.23. The van der Waals surface area contributed by atoms with Crippen LogP contribution >= 0.6 is 25.3 Å². The highest BCUT2D eigenvalue weighted by molar-refractivity contribution is 7.80. The second kappa shape index (κ2) is 50.6. The van der Waals surface area contributed by atoms with Gasteiger partial charge in [0, 0.05) is 71.4 Å². The summed E-state index contributed by atoms with van der Waals surface area (Å²) in [5.41, 5.74) is 19.3. The number of nitrogens with two attached hydrogens (primary N) is 3. The number of thiol groups is 2. The van der Waals surface area contributed by atoms with Crippen LogP contribution in [0.3, 0.4) is 0 Å². The number of carbonyl (C=O) groups is 19. The molecule has 0 bridgehead atoms. The molecule has 2 aromatic heterocycles. The number of carboxylic acids is 2. The highest BCUT2D eigenvalue weighted by atomic mass is 32.1. The molecule has 0 radical (unpaired) electrons. The molecule has 698 valence electrons. The molecule has 0 saturated carbocycles. The third-order valence-corrected chi connectivity index (χ3v) is 20.9. The molecule has 14 atom stereocenters. The molecule has 27 N–H and O–H groups in total. The van der Waals surface area contributed by atoms with Gasteiger partial charge in [-0.05, 0) is 77.6 Å². The highest BCUT2D eigenvalue weighted by Gasteiger charge is 2.40. The van der Waals surface area contributed by atoms with Gasteiger partial charge in [-0.2, -0.15) is 25.3 Å². The quantitative estimate of drug-likeness (QED) is 0.0159. The van der Waals surface area contributed by atoms with Gasteiger partial charge in [0.2, 0.25) is 100 Å². The zero-order chi connectivity index (χ0) is 95.6. The average molecular weight is 1830 g/mol. The van der Waals surface area contributed by atoms with E-state index in [0.29, 0.717) is 44.1 Å². The van der Waals surface area contributed by atoms with Gasteiger partial charge < -0.3 is 127 Å². The van der Waals surface area contributed by atoms with Crippen LogP contribution in [0.25, 0.3) is 21.8 Å². The van der Waals surface area contributed by atoms with Crippen LogP contribution in [0.1, 0.15) is 96.4 Å². The van der Waals surface area contributed by atoms with E-state index in [1.807, 2.05) is 0 Å².